The lowest BCUT2D eigenvalue weighted by atomic mass is 9.95. The number of piperazine rings is 1. The molecule has 2 aromatic carbocycles. The van der Waals surface area contributed by atoms with Crippen LogP contribution in [0, 0.1) is 12.8 Å². The highest BCUT2D eigenvalue weighted by molar-refractivity contribution is 7.97. The molecule has 1 saturated carbocycles. The van der Waals surface area contributed by atoms with Gasteiger partial charge in [-0.25, -0.2) is 4.31 Å². The van der Waals surface area contributed by atoms with E-state index in [1.54, 1.807) is 18.0 Å². The Kier molecular flexibility index (Phi) is 10.1. The minimum Gasteiger partial charge on any atom is -0.484 e. The van der Waals surface area contributed by atoms with Crippen molar-refractivity contribution < 1.29 is 19.4 Å². The van der Waals surface area contributed by atoms with E-state index in [2.05, 4.69) is 28.2 Å². The monoisotopic (exact) mass is 579 g/mol. The molecule has 4 aliphatic rings. The molecule has 2 atom stereocenters. The molecular formula is C31H41N5O4S. The number of nitrogen functional groups attached to an aromatic ring is 1. The summed E-state index contributed by atoms with van der Waals surface area (Å²) in [5, 5.41) is 7.99. The number of amides is 1. The number of hydrogen-bond acceptors (Lipinski definition) is 8. The van der Waals surface area contributed by atoms with Crippen LogP contribution in [0.1, 0.15) is 69.3 Å². The molecular weight excluding hydrogens is 538 g/mol. The number of primary amides is 1. The number of H-pyrrole nitrogens is 1. The molecule has 3 heterocycles. The van der Waals surface area contributed by atoms with Gasteiger partial charge in [-0.3, -0.25) is 9.59 Å². The number of likely N-dealkylation sites (N-methyl/N-ethyl adjacent to an activating group) is 1. The number of ether oxygens (including phenoxy) is 1. The van der Waals surface area contributed by atoms with Crippen LogP contribution in [-0.4, -0.2) is 71.3 Å². The number of carbonyl (C=O) groups is 2. The number of benzene rings is 2. The van der Waals surface area contributed by atoms with Gasteiger partial charge in [-0.1, -0.05) is 50.1 Å². The van der Waals surface area contributed by atoms with Crippen LogP contribution in [-0.2, 0) is 0 Å². The first-order valence-electron chi connectivity index (χ1n) is 14.0. The number of ketones is 1. The summed E-state index contributed by atoms with van der Waals surface area (Å²) in [6, 6.07) is 15.3. The summed E-state index contributed by atoms with van der Waals surface area (Å²) in [5.74, 6) is 1.36. The topological polar surface area (TPSA) is 138 Å². The van der Waals surface area contributed by atoms with Crippen molar-refractivity contribution in [2.45, 2.75) is 43.7 Å². The predicted octanol–water partition coefficient (Wildman–Crippen LogP) is 4.38. The summed E-state index contributed by atoms with van der Waals surface area (Å²) in [6.07, 6.45) is 2.77. The Bertz CT molecular complexity index is 1360. The molecule has 10 heteroatoms. The van der Waals surface area contributed by atoms with E-state index in [0.29, 0.717) is 16.9 Å². The van der Waals surface area contributed by atoms with Gasteiger partial charge in [0.15, 0.2) is 5.78 Å². The van der Waals surface area contributed by atoms with E-state index in [1.807, 2.05) is 49.4 Å². The second kappa shape index (κ2) is 13.6. The smallest absolute Gasteiger partial charge is 0.265 e. The first-order valence-corrected chi connectivity index (χ1v) is 14.7. The molecule has 6 N–H and O–H groups in total. The number of para-hydroxylation sites is 1. The number of carbonyl (C=O) groups excluding carboxylic acids is 2. The Morgan fingerprint density at radius 1 is 1.05 bits per heavy atom. The number of anilines is 1. The highest BCUT2D eigenvalue weighted by Crippen LogP contribution is 2.53. The van der Waals surface area contributed by atoms with Crippen LogP contribution in [0.15, 0.2) is 53.6 Å². The van der Waals surface area contributed by atoms with Crippen molar-refractivity contribution in [3.63, 3.8) is 0 Å². The molecule has 0 radical (unpaired) electrons. The minimum atomic E-state index is -0.396. The fourth-order valence-corrected chi connectivity index (χ4v) is 6.02. The Morgan fingerprint density at radius 3 is 2.29 bits per heavy atom. The van der Waals surface area contributed by atoms with Crippen molar-refractivity contribution in [1.29, 1.82) is 0 Å². The van der Waals surface area contributed by atoms with Crippen LogP contribution < -0.4 is 16.2 Å². The van der Waals surface area contributed by atoms with Gasteiger partial charge in [0.1, 0.15) is 17.5 Å². The van der Waals surface area contributed by atoms with Gasteiger partial charge < -0.3 is 31.2 Å². The molecule has 41 heavy (non-hydrogen) atoms. The average Bonchev–Trinajstić information content (AvgIpc) is 3.39. The molecule has 1 aromatic heterocycles. The number of Topliss-reactive ketones (excluding diaryl/α,β-unsaturated/α-hetero) is 1. The summed E-state index contributed by atoms with van der Waals surface area (Å²) in [6.45, 7) is 8.39. The maximum Gasteiger partial charge on any atom is 0.265 e. The van der Waals surface area contributed by atoms with E-state index in [0.717, 1.165) is 66.7 Å². The van der Waals surface area contributed by atoms with E-state index in [4.69, 9.17) is 21.3 Å². The van der Waals surface area contributed by atoms with E-state index in [-0.39, 0.29) is 17.8 Å². The standard InChI is InChI=1S/C15H11NO2.C11H18N4OS.C4H8.CH4O/c16-10-6-3-5-9-12(10)14(17)13-8-4-1-2-7-11(8)18-15(9)13;1-8-7-9(13-10(8)11(12)16)17-15-5-3-14(2)4-6-15;1-4-2-3-4;1-2/h1-7,13,15H,16H2;7,13H,3-6H2,1-2H3,(H2,12,16);4H,2-3H2,1H3;2H,1H3. The van der Waals surface area contributed by atoms with E-state index >= 15 is 0 Å². The first-order chi connectivity index (χ1) is 19.7. The zero-order valence-corrected chi connectivity index (χ0v) is 25.0. The molecule has 7 rings (SSSR count). The van der Waals surface area contributed by atoms with Crippen molar-refractivity contribution in [3.8, 4) is 5.75 Å². The number of aliphatic hydroxyl groups is 1. The number of nitrogens with zero attached hydrogens (tertiary/aromatic N) is 2. The minimum absolute atomic E-state index is 0.0815. The average molecular weight is 580 g/mol. The lowest BCUT2D eigenvalue weighted by Gasteiger charge is -2.30. The fourth-order valence-electron chi connectivity index (χ4n) is 5.02. The Hall–Kier alpha value is -3.31. The third-order valence-electron chi connectivity index (χ3n) is 7.57. The van der Waals surface area contributed by atoms with Gasteiger partial charge in [0.2, 0.25) is 0 Å². The number of fused-ring (bicyclic) bond motifs is 5. The van der Waals surface area contributed by atoms with Crippen molar-refractivity contribution >= 4 is 29.3 Å². The SMILES string of the molecule is CC1CC1.CO.Cc1cc(SN2CCN(C)CC2)[nH]c1C(N)=O.Nc1cccc2c1C(=O)C1c3ccccc3OC21. The number of aryl methyl sites for hydroxylation is 1. The molecule has 2 aliphatic carbocycles. The quantitative estimate of drug-likeness (QED) is 0.265. The Labute approximate surface area is 246 Å². The van der Waals surface area contributed by atoms with Gasteiger partial charge in [-0.15, -0.1) is 0 Å². The van der Waals surface area contributed by atoms with Gasteiger partial charge in [-0.05, 0) is 55.6 Å². The Balaban J connectivity index is 0.000000158. The highest BCUT2D eigenvalue weighted by atomic mass is 32.2. The van der Waals surface area contributed by atoms with Gasteiger partial charge >= 0.3 is 0 Å². The molecule has 2 fully saturated rings. The summed E-state index contributed by atoms with van der Waals surface area (Å²) in [7, 11) is 3.13. The summed E-state index contributed by atoms with van der Waals surface area (Å²) in [4.78, 5) is 29.0. The number of aliphatic hydroxyl groups excluding tert-OH is 1. The van der Waals surface area contributed by atoms with Crippen molar-refractivity contribution in [3.05, 3.63) is 76.5 Å². The number of hydrogen-bond donors (Lipinski definition) is 4. The van der Waals surface area contributed by atoms with E-state index < -0.39 is 5.91 Å². The lowest BCUT2D eigenvalue weighted by molar-refractivity contribution is 0.0934. The molecule has 3 aromatic rings. The molecule has 9 nitrogen and oxygen atoms in total. The van der Waals surface area contributed by atoms with E-state index in [1.165, 1.54) is 12.8 Å². The molecule has 0 spiro atoms. The molecule has 220 valence electrons. The largest absolute Gasteiger partial charge is 0.484 e. The van der Waals surface area contributed by atoms with Gasteiger partial charge in [0, 0.05) is 55.7 Å². The normalized spacial score (nSPS) is 20.6. The molecule has 2 unspecified atom stereocenters. The number of rotatable bonds is 3. The van der Waals surface area contributed by atoms with Crippen LogP contribution in [0.25, 0.3) is 0 Å². The predicted molar refractivity (Wildman–Crippen MR) is 163 cm³/mol. The summed E-state index contributed by atoms with van der Waals surface area (Å²) >= 11 is 1.66. The molecule has 1 amide bonds. The van der Waals surface area contributed by atoms with Gasteiger partial charge in [-0.2, -0.15) is 0 Å². The van der Waals surface area contributed by atoms with Gasteiger partial charge in [0.25, 0.3) is 5.91 Å². The fraction of sp³-hybridized carbons (Fsp3) is 0.419. The molecule has 0 bridgehead atoms. The summed E-state index contributed by atoms with van der Waals surface area (Å²) < 4.78 is 8.21. The second-order valence-corrected chi connectivity index (χ2v) is 11.9. The van der Waals surface area contributed by atoms with Gasteiger partial charge in [0.05, 0.1) is 10.9 Å². The number of nitrogens with one attached hydrogen (secondary N) is 1. The van der Waals surface area contributed by atoms with Crippen LogP contribution in [0.2, 0.25) is 0 Å². The van der Waals surface area contributed by atoms with Crippen LogP contribution in [0.5, 0.6) is 5.75 Å². The van der Waals surface area contributed by atoms with Crippen LogP contribution in [0.4, 0.5) is 5.69 Å². The number of aromatic amines is 1. The first kappa shape index (κ1) is 30.6. The maximum atomic E-state index is 12.5. The summed E-state index contributed by atoms with van der Waals surface area (Å²) in [5.41, 5.74) is 15.7. The third-order valence-corrected chi connectivity index (χ3v) is 8.61. The Morgan fingerprint density at radius 2 is 1.68 bits per heavy atom. The molecule has 2 aliphatic heterocycles. The maximum absolute atomic E-state index is 12.5. The highest BCUT2D eigenvalue weighted by Gasteiger charge is 2.48. The van der Waals surface area contributed by atoms with Crippen molar-refractivity contribution in [2.75, 3.05) is 46.1 Å². The van der Waals surface area contributed by atoms with Crippen LogP contribution >= 0.6 is 11.9 Å². The van der Waals surface area contributed by atoms with E-state index in [9.17, 15) is 9.59 Å². The number of aromatic nitrogens is 1. The third kappa shape index (κ3) is 7.13. The second-order valence-electron chi connectivity index (χ2n) is 10.8. The van der Waals surface area contributed by atoms with Crippen molar-refractivity contribution in [2.24, 2.45) is 11.7 Å². The number of nitrogens with two attached hydrogens (primary N) is 2. The van der Waals surface area contributed by atoms with Crippen molar-refractivity contribution in [1.82, 2.24) is 14.2 Å². The zero-order valence-electron chi connectivity index (χ0n) is 24.2. The molecule has 1 saturated heterocycles. The zero-order chi connectivity index (χ0) is 29.7. The van der Waals surface area contributed by atoms with Crippen LogP contribution in [0.3, 0.4) is 0 Å². The lowest BCUT2D eigenvalue weighted by Crippen LogP contribution is -2.41.